The van der Waals surface area contributed by atoms with Gasteiger partial charge in [-0.3, -0.25) is 0 Å². The van der Waals surface area contributed by atoms with E-state index >= 15 is 0 Å². The second-order valence-corrected chi connectivity index (χ2v) is 5.33. The van der Waals surface area contributed by atoms with Gasteiger partial charge in [-0.15, -0.1) is 0 Å². The molecule has 0 unspecified atom stereocenters. The molecule has 2 aromatic heterocycles. The first-order chi connectivity index (χ1) is 12.4. The molecule has 1 aromatic carbocycles. The Labute approximate surface area is 146 Å². The number of nitrogens with zero attached hydrogens (tertiary/aromatic N) is 3. The van der Waals surface area contributed by atoms with Crippen LogP contribution in [0.1, 0.15) is 12.0 Å². The quantitative estimate of drug-likeness (QED) is 0.605. The standard InChI is InChI=1S/C19H20N4O2/c1-2-10-21-18(8-1)24-13-5-9-20-15-16-6-3-7-17(14-16)25-19-22-11-4-12-23-19/h1-4,6-8,10-12,14,20H,5,9,13,15H2. The predicted molar refractivity (Wildman–Crippen MR) is 94.6 cm³/mol. The largest absolute Gasteiger partial charge is 0.478 e. The summed E-state index contributed by atoms with van der Waals surface area (Å²) in [6.07, 6.45) is 5.94. The van der Waals surface area contributed by atoms with Crippen molar-refractivity contribution < 1.29 is 9.47 Å². The zero-order valence-electron chi connectivity index (χ0n) is 13.8. The maximum Gasteiger partial charge on any atom is 0.321 e. The maximum absolute atomic E-state index is 5.64. The molecular formula is C19H20N4O2. The molecule has 0 radical (unpaired) electrons. The molecule has 25 heavy (non-hydrogen) atoms. The average molecular weight is 336 g/mol. The van der Waals surface area contributed by atoms with Crippen LogP contribution >= 0.6 is 0 Å². The predicted octanol–water partition coefficient (Wildman–Crippen LogP) is 3.22. The van der Waals surface area contributed by atoms with E-state index in [4.69, 9.17) is 9.47 Å². The molecule has 0 amide bonds. The van der Waals surface area contributed by atoms with Crippen molar-refractivity contribution in [3.8, 4) is 17.6 Å². The summed E-state index contributed by atoms with van der Waals surface area (Å²) in [5.41, 5.74) is 1.14. The normalized spacial score (nSPS) is 10.4. The minimum Gasteiger partial charge on any atom is -0.478 e. The van der Waals surface area contributed by atoms with Gasteiger partial charge in [-0.1, -0.05) is 18.2 Å². The number of hydrogen-bond acceptors (Lipinski definition) is 6. The van der Waals surface area contributed by atoms with E-state index in [2.05, 4.69) is 26.3 Å². The average Bonchev–Trinajstić information content (AvgIpc) is 2.66. The highest BCUT2D eigenvalue weighted by molar-refractivity contribution is 5.30. The molecule has 6 heteroatoms. The SMILES string of the molecule is c1ccc(OCCCNCc2cccc(Oc3ncccn3)c2)nc1. The van der Waals surface area contributed by atoms with Crippen LogP contribution in [0.15, 0.2) is 67.1 Å². The Morgan fingerprint density at radius 2 is 1.76 bits per heavy atom. The molecule has 0 aliphatic rings. The second kappa shape index (κ2) is 9.34. The molecule has 128 valence electrons. The third-order valence-corrected chi connectivity index (χ3v) is 3.36. The molecule has 0 saturated heterocycles. The zero-order chi connectivity index (χ0) is 17.2. The van der Waals surface area contributed by atoms with E-state index < -0.39 is 0 Å². The van der Waals surface area contributed by atoms with Crippen molar-refractivity contribution in [2.75, 3.05) is 13.2 Å². The van der Waals surface area contributed by atoms with Crippen LogP contribution in [-0.2, 0) is 6.54 Å². The fraction of sp³-hybridized carbons (Fsp3) is 0.211. The lowest BCUT2D eigenvalue weighted by atomic mass is 10.2. The molecule has 2 heterocycles. The number of ether oxygens (including phenoxy) is 2. The van der Waals surface area contributed by atoms with E-state index in [1.54, 1.807) is 24.7 Å². The highest BCUT2D eigenvalue weighted by Gasteiger charge is 2.01. The van der Waals surface area contributed by atoms with Crippen LogP contribution in [0, 0.1) is 0 Å². The monoisotopic (exact) mass is 336 g/mol. The van der Waals surface area contributed by atoms with Gasteiger partial charge in [-0.25, -0.2) is 15.0 Å². The molecular weight excluding hydrogens is 316 g/mol. The number of aromatic nitrogens is 3. The summed E-state index contributed by atoms with van der Waals surface area (Å²) >= 11 is 0. The smallest absolute Gasteiger partial charge is 0.321 e. The van der Waals surface area contributed by atoms with Crippen LogP contribution in [0.4, 0.5) is 0 Å². The van der Waals surface area contributed by atoms with Gasteiger partial charge in [0.05, 0.1) is 6.61 Å². The highest BCUT2D eigenvalue weighted by Crippen LogP contribution is 2.18. The van der Waals surface area contributed by atoms with Gasteiger partial charge in [-0.2, -0.15) is 0 Å². The number of hydrogen-bond donors (Lipinski definition) is 1. The van der Waals surface area contributed by atoms with Gasteiger partial charge in [-0.05, 0) is 42.8 Å². The van der Waals surface area contributed by atoms with Crippen LogP contribution in [-0.4, -0.2) is 28.1 Å². The Morgan fingerprint density at radius 1 is 0.880 bits per heavy atom. The molecule has 0 bridgehead atoms. The van der Waals surface area contributed by atoms with E-state index in [0.717, 1.165) is 30.8 Å². The number of pyridine rings is 1. The summed E-state index contributed by atoms with van der Waals surface area (Å²) in [4.78, 5) is 12.2. The van der Waals surface area contributed by atoms with Crippen LogP contribution < -0.4 is 14.8 Å². The molecule has 0 fully saturated rings. The van der Waals surface area contributed by atoms with E-state index in [9.17, 15) is 0 Å². The summed E-state index contributed by atoms with van der Waals surface area (Å²) in [6.45, 7) is 2.26. The van der Waals surface area contributed by atoms with E-state index in [1.807, 2.05) is 36.4 Å². The van der Waals surface area contributed by atoms with Gasteiger partial charge in [0.2, 0.25) is 5.88 Å². The Hall–Kier alpha value is -2.99. The first-order valence-electron chi connectivity index (χ1n) is 8.18. The van der Waals surface area contributed by atoms with Crippen LogP contribution in [0.25, 0.3) is 0 Å². The van der Waals surface area contributed by atoms with Crippen molar-refractivity contribution in [2.45, 2.75) is 13.0 Å². The lowest BCUT2D eigenvalue weighted by molar-refractivity contribution is 0.296. The molecule has 0 spiro atoms. The highest BCUT2D eigenvalue weighted by atomic mass is 16.5. The third kappa shape index (κ3) is 5.86. The van der Waals surface area contributed by atoms with Crippen molar-refractivity contribution in [3.05, 3.63) is 72.7 Å². The summed E-state index contributed by atoms with van der Waals surface area (Å²) in [6, 6.07) is 15.6. The second-order valence-electron chi connectivity index (χ2n) is 5.33. The zero-order valence-corrected chi connectivity index (χ0v) is 13.8. The van der Waals surface area contributed by atoms with E-state index in [-0.39, 0.29) is 0 Å². The molecule has 3 rings (SSSR count). The Kier molecular flexibility index (Phi) is 6.30. The molecule has 1 N–H and O–H groups in total. The van der Waals surface area contributed by atoms with Crippen LogP contribution in [0.3, 0.4) is 0 Å². The number of nitrogens with one attached hydrogen (secondary N) is 1. The molecule has 0 aliphatic heterocycles. The molecule has 6 nitrogen and oxygen atoms in total. The van der Waals surface area contributed by atoms with Gasteiger partial charge in [0, 0.05) is 31.2 Å². The van der Waals surface area contributed by atoms with Crippen LogP contribution in [0.2, 0.25) is 0 Å². The first-order valence-corrected chi connectivity index (χ1v) is 8.18. The molecule has 0 saturated carbocycles. The Morgan fingerprint density at radius 3 is 2.60 bits per heavy atom. The van der Waals surface area contributed by atoms with Crippen molar-refractivity contribution in [3.63, 3.8) is 0 Å². The van der Waals surface area contributed by atoms with Gasteiger partial charge >= 0.3 is 6.01 Å². The minimum absolute atomic E-state index is 0.347. The summed E-state index contributed by atoms with van der Waals surface area (Å²) in [7, 11) is 0. The molecule has 0 atom stereocenters. The fourth-order valence-electron chi connectivity index (χ4n) is 2.20. The number of rotatable bonds is 9. The summed E-state index contributed by atoms with van der Waals surface area (Å²) in [5, 5.41) is 3.39. The molecule has 0 aliphatic carbocycles. The van der Waals surface area contributed by atoms with E-state index in [1.165, 1.54) is 0 Å². The van der Waals surface area contributed by atoms with Crippen LogP contribution in [0.5, 0.6) is 17.6 Å². The van der Waals surface area contributed by atoms with Crippen molar-refractivity contribution in [2.24, 2.45) is 0 Å². The van der Waals surface area contributed by atoms with Gasteiger partial charge in [0.15, 0.2) is 0 Å². The third-order valence-electron chi connectivity index (χ3n) is 3.36. The van der Waals surface area contributed by atoms with Crippen molar-refractivity contribution in [1.29, 1.82) is 0 Å². The first kappa shape index (κ1) is 16.9. The van der Waals surface area contributed by atoms with Crippen molar-refractivity contribution >= 4 is 0 Å². The summed E-state index contributed by atoms with van der Waals surface area (Å²) < 4.78 is 11.2. The van der Waals surface area contributed by atoms with Crippen molar-refractivity contribution in [1.82, 2.24) is 20.3 Å². The lowest BCUT2D eigenvalue weighted by Crippen LogP contribution is -2.17. The summed E-state index contributed by atoms with van der Waals surface area (Å²) in [5.74, 6) is 1.39. The molecule has 3 aromatic rings. The lowest BCUT2D eigenvalue weighted by Gasteiger charge is -2.08. The van der Waals surface area contributed by atoms with E-state index in [0.29, 0.717) is 18.5 Å². The Bertz CT molecular complexity index is 754. The number of benzene rings is 1. The topological polar surface area (TPSA) is 69.2 Å². The maximum atomic E-state index is 5.64. The Balaban J connectivity index is 1.37. The minimum atomic E-state index is 0.347. The fourth-order valence-corrected chi connectivity index (χ4v) is 2.20. The van der Waals surface area contributed by atoms with Gasteiger partial charge in [0.25, 0.3) is 0 Å². The van der Waals surface area contributed by atoms with Gasteiger partial charge < -0.3 is 14.8 Å². The van der Waals surface area contributed by atoms with Gasteiger partial charge in [0.1, 0.15) is 5.75 Å².